The highest BCUT2D eigenvalue weighted by atomic mass is 32.2. The number of methoxy groups -OCH3 is 3. The molecule has 3 aliphatic rings. The number of hydrogen-bond acceptors (Lipinski definition) is 11. The fraction of sp³-hybridized carbons (Fsp3) is 0.462. The van der Waals surface area contributed by atoms with Gasteiger partial charge in [-0.25, -0.2) is 9.52 Å². The normalized spacial score (nSPS) is 22.6. The fourth-order valence-corrected chi connectivity index (χ4v) is 6.28. The van der Waals surface area contributed by atoms with Crippen LogP contribution >= 0.6 is 0 Å². The van der Waals surface area contributed by atoms with E-state index >= 15 is 0 Å². The van der Waals surface area contributed by atoms with Crippen LogP contribution in [0.15, 0.2) is 24.3 Å². The highest BCUT2D eigenvalue weighted by molar-refractivity contribution is 7.88. The van der Waals surface area contributed by atoms with Crippen LogP contribution in [-0.4, -0.2) is 61.8 Å². The summed E-state index contributed by atoms with van der Waals surface area (Å²) < 4.78 is 67.6. The van der Waals surface area contributed by atoms with Gasteiger partial charge in [0.15, 0.2) is 23.0 Å². The number of esters is 1. The van der Waals surface area contributed by atoms with Crippen molar-refractivity contribution < 1.29 is 51.2 Å². The van der Waals surface area contributed by atoms with Crippen molar-refractivity contribution in [2.45, 2.75) is 25.4 Å². The van der Waals surface area contributed by atoms with E-state index < -0.39 is 46.1 Å². The second kappa shape index (κ2) is 10.9. The SMILES string of the molecule is CCCNS(=O)(=O)NC(=O)O[C@H]1c2cc3c(cc2[C@@H](c2cc(OC)c(OC)c(OC)c2)[C@H]2C(=O)OC[C@@H]21)OCO3. The smallest absolute Gasteiger partial charge is 0.422 e. The predicted octanol–water partition coefficient (Wildman–Crippen LogP) is 2.39. The lowest BCUT2D eigenvalue weighted by atomic mass is 9.66. The first-order valence-electron chi connectivity index (χ1n) is 12.6. The average molecular weight is 579 g/mol. The van der Waals surface area contributed by atoms with Gasteiger partial charge < -0.3 is 33.2 Å². The Kier molecular flexibility index (Phi) is 7.55. The first kappa shape index (κ1) is 27.6. The Labute approximate surface area is 231 Å². The second-order valence-corrected chi connectivity index (χ2v) is 10.9. The predicted molar refractivity (Wildman–Crippen MR) is 138 cm³/mol. The number of carbonyl (C=O) groups excluding carboxylic acids is 2. The van der Waals surface area contributed by atoms with Gasteiger partial charge in [0.05, 0.1) is 33.9 Å². The zero-order chi connectivity index (χ0) is 28.6. The molecule has 0 radical (unpaired) electrons. The highest BCUT2D eigenvalue weighted by Gasteiger charge is 2.54. The minimum Gasteiger partial charge on any atom is -0.493 e. The number of amides is 1. The maximum atomic E-state index is 13.2. The monoisotopic (exact) mass is 578 g/mol. The molecule has 0 saturated carbocycles. The van der Waals surface area contributed by atoms with Crippen molar-refractivity contribution in [3.63, 3.8) is 0 Å². The minimum atomic E-state index is -4.15. The molecule has 0 unspecified atom stereocenters. The Morgan fingerprint density at radius 3 is 2.23 bits per heavy atom. The third-order valence-electron chi connectivity index (χ3n) is 7.16. The second-order valence-electron chi connectivity index (χ2n) is 9.42. The van der Waals surface area contributed by atoms with Gasteiger partial charge in [0.1, 0.15) is 6.10 Å². The molecule has 1 aliphatic carbocycles. The van der Waals surface area contributed by atoms with E-state index in [0.717, 1.165) is 0 Å². The van der Waals surface area contributed by atoms with E-state index in [0.29, 0.717) is 51.9 Å². The topological polar surface area (TPSA) is 157 Å². The Morgan fingerprint density at radius 2 is 1.62 bits per heavy atom. The van der Waals surface area contributed by atoms with Crippen molar-refractivity contribution >= 4 is 22.3 Å². The van der Waals surface area contributed by atoms with Crippen molar-refractivity contribution in [1.29, 1.82) is 0 Å². The summed E-state index contributed by atoms with van der Waals surface area (Å²) >= 11 is 0. The van der Waals surface area contributed by atoms with Gasteiger partial charge in [0.25, 0.3) is 0 Å². The molecule has 14 heteroatoms. The van der Waals surface area contributed by atoms with Crippen LogP contribution in [0, 0.1) is 11.8 Å². The quantitative estimate of drug-likeness (QED) is 0.421. The first-order valence-corrected chi connectivity index (χ1v) is 14.1. The molecule has 0 bridgehead atoms. The van der Waals surface area contributed by atoms with Crippen LogP contribution in [0.25, 0.3) is 0 Å². The largest absolute Gasteiger partial charge is 0.493 e. The highest BCUT2D eigenvalue weighted by Crippen LogP contribution is 2.56. The maximum Gasteiger partial charge on any atom is 0.422 e. The Morgan fingerprint density at radius 1 is 0.975 bits per heavy atom. The van der Waals surface area contributed by atoms with Crippen LogP contribution in [0.2, 0.25) is 0 Å². The molecule has 2 N–H and O–H groups in total. The van der Waals surface area contributed by atoms with Gasteiger partial charge in [0, 0.05) is 23.9 Å². The van der Waals surface area contributed by atoms with Crippen LogP contribution in [0.1, 0.15) is 42.1 Å². The van der Waals surface area contributed by atoms with Crippen molar-refractivity contribution in [3.05, 3.63) is 41.0 Å². The summed E-state index contributed by atoms with van der Waals surface area (Å²) in [6.07, 6.45) is -1.69. The van der Waals surface area contributed by atoms with E-state index in [2.05, 4.69) is 4.72 Å². The lowest BCUT2D eigenvalue weighted by Crippen LogP contribution is -2.43. The molecule has 216 valence electrons. The van der Waals surface area contributed by atoms with Crippen LogP contribution < -0.4 is 33.1 Å². The summed E-state index contributed by atoms with van der Waals surface area (Å²) in [6, 6.07) is 6.93. The molecule has 2 heterocycles. The summed E-state index contributed by atoms with van der Waals surface area (Å²) in [7, 11) is 0.331. The molecule has 0 spiro atoms. The number of fused-ring (bicyclic) bond motifs is 3. The van der Waals surface area contributed by atoms with Gasteiger partial charge in [-0.2, -0.15) is 13.1 Å². The molecule has 2 aromatic carbocycles. The Balaban J connectivity index is 1.62. The van der Waals surface area contributed by atoms with Gasteiger partial charge in [0.2, 0.25) is 12.5 Å². The molecular weight excluding hydrogens is 548 g/mol. The number of nitrogens with one attached hydrogen (secondary N) is 2. The third kappa shape index (κ3) is 4.92. The molecule has 13 nitrogen and oxygen atoms in total. The molecular formula is C26H30N2O11S. The van der Waals surface area contributed by atoms with Crippen LogP contribution in [-0.2, 0) is 24.5 Å². The summed E-state index contributed by atoms with van der Waals surface area (Å²) in [5.74, 6) is -0.446. The van der Waals surface area contributed by atoms with Crippen molar-refractivity contribution in [2.75, 3.05) is 41.3 Å². The number of rotatable bonds is 9. The number of carbonyl (C=O) groups is 2. The summed E-state index contributed by atoms with van der Waals surface area (Å²) in [5, 5.41) is 0. The molecule has 2 aromatic rings. The Hall–Kier alpha value is -3.91. The number of cyclic esters (lactones) is 1. The van der Waals surface area contributed by atoms with E-state index in [9.17, 15) is 18.0 Å². The molecule has 0 aromatic heterocycles. The standard InChI is InChI=1S/C26H30N2O11S/c1-5-6-27-40(31,32)28-26(30)39-23-15-10-18-17(37-12-38-18)9-14(15)21(22-16(23)11-36-25(22)29)13-7-19(33-2)24(35-4)20(8-13)34-3/h7-10,16,21-23,27H,5-6,11-12H2,1-4H3,(H,28,30)/t16-,21+,22-,23-/m0/s1. The van der Waals surface area contributed by atoms with E-state index in [4.69, 9.17) is 33.2 Å². The van der Waals surface area contributed by atoms with E-state index in [1.807, 2.05) is 4.72 Å². The summed E-state index contributed by atoms with van der Waals surface area (Å²) in [6.45, 7) is 1.87. The number of hydrogen-bond donors (Lipinski definition) is 2. The fourth-order valence-electron chi connectivity index (χ4n) is 5.47. The van der Waals surface area contributed by atoms with Gasteiger partial charge in [-0.05, 0) is 41.8 Å². The maximum absolute atomic E-state index is 13.2. The lowest BCUT2D eigenvalue weighted by molar-refractivity contribution is -0.141. The van der Waals surface area contributed by atoms with Gasteiger partial charge in [-0.3, -0.25) is 4.79 Å². The van der Waals surface area contributed by atoms with Gasteiger partial charge in [-0.1, -0.05) is 6.92 Å². The lowest BCUT2D eigenvalue weighted by Gasteiger charge is -2.38. The van der Waals surface area contributed by atoms with Crippen molar-refractivity contribution in [2.24, 2.45) is 11.8 Å². The molecule has 5 rings (SSSR count). The minimum absolute atomic E-state index is 0.00464. The van der Waals surface area contributed by atoms with Crippen LogP contribution in [0.3, 0.4) is 0 Å². The molecule has 1 fully saturated rings. The molecule has 1 saturated heterocycles. The average Bonchev–Trinajstić information content (AvgIpc) is 3.56. The van der Waals surface area contributed by atoms with Crippen LogP contribution in [0.5, 0.6) is 28.7 Å². The zero-order valence-corrected chi connectivity index (χ0v) is 23.2. The molecule has 1 amide bonds. The van der Waals surface area contributed by atoms with E-state index in [-0.39, 0.29) is 19.9 Å². The Bertz CT molecular complexity index is 1400. The molecule has 2 aliphatic heterocycles. The van der Waals surface area contributed by atoms with E-state index in [1.165, 1.54) is 21.3 Å². The number of ether oxygens (including phenoxy) is 7. The van der Waals surface area contributed by atoms with Crippen LogP contribution in [0.4, 0.5) is 4.79 Å². The third-order valence-corrected chi connectivity index (χ3v) is 8.18. The summed E-state index contributed by atoms with van der Waals surface area (Å²) in [5.41, 5.74) is 1.80. The molecule has 4 atom stereocenters. The zero-order valence-electron chi connectivity index (χ0n) is 22.3. The van der Waals surface area contributed by atoms with E-state index in [1.54, 1.807) is 31.2 Å². The molecule has 40 heavy (non-hydrogen) atoms. The summed E-state index contributed by atoms with van der Waals surface area (Å²) in [4.78, 5) is 26.0. The van der Waals surface area contributed by atoms with Gasteiger partial charge in [-0.15, -0.1) is 0 Å². The van der Waals surface area contributed by atoms with Crippen molar-refractivity contribution in [3.8, 4) is 28.7 Å². The van der Waals surface area contributed by atoms with Gasteiger partial charge >= 0.3 is 22.3 Å². The first-order chi connectivity index (χ1) is 19.2. The number of benzene rings is 2. The van der Waals surface area contributed by atoms with Crippen molar-refractivity contribution in [1.82, 2.24) is 9.44 Å².